The third kappa shape index (κ3) is 5.05. The Bertz CT molecular complexity index is 307. The lowest BCUT2D eigenvalue weighted by molar-refractivity contribution is -0.137. The van der Waals surface area contributed by atoms with E-state index in [9.17, 15) is 9.59 Å². The Morgan fingerprint density at radius 3 is 2.69 bits per heavy atom. The van der Waals surface area contributed by atoms with Crippen LogP contribution in [0.4, 0.5) is 4.79 Å². The summed E-state index contributed by atoms with van der Waals surface area (Å²) in [7, 11) is 0. The number of amides is 2. The number of hydrogen-bond acceptors (Lipinski definition) is 2. The molecule has 5 heteroatoms. The van der Waals surface area contributed by atoms with Gasteiger partial charge < -0.3 is 15.3 Å². The Labute approximate surface area is 95.1 Å². The molecule has 5 nitrogen and oxygen atoms in total. The highest BCUT2D eigenvalue weighted by Gasteiger charge is 2.17. The van der Waals surface area contributed by atoms with Crippen LogP contribution in [0.3, 0.4) is 0 Å². The van der Waals surface area contributed by atoms with Gasteiger partial charge in [0.15, 0.2) is 0 Å². The molecule has 2 amide bonds. The molecule has 0 fully saturated rings. The third-order valence-corrected chi connectivity index (χ3v) is 1.87. The van der Waals surface area contributed by atoms with Crippen LogP contribution in [0.2, 0.25) is 0 Å². The van der Waals surface area contributed by atoms with Crippen molar-refractivity contribution in [3.8, 4) is 12.3 Å². The van der Waals surface area contributed by atoms with Gasteiger partial charge in [0.2, 0.25) is 0 Å². The van der Waals surface area contributed by atoms with Gasteiger partial charge in [-0.1, -0.05) is 18.9 Å². The summed E-state index contributed by atoms with van der Waals surface area (Å²) in [6.45, 7) is 5.08. The maximum Gasteiger partial charge on any atom is 0.323 e. The highest BCUT2D eigenvalue weighted by Crippen LogP contribution is 1.94. The summed E-state index contributed by atoms with van der Waals surface area (Å²) < 4.78 is 0. The maximum atomic E-state index is 11.6. The normalized spacial score (nSPS) is 11.0. The van der Waals surface area contributed by atoms with Crippen LogP contribution < -0.4 is 5.32 Å². The zero-order valence-corrected chi connectivity index (χ0v) is 9.27. The molecule has 0 aliphatic carbocycles. The largest absolute Gasteiger partial charge is 0.480 e. The van der Waals surface area contributed by atoms with Crippen LogP contribution in [0.25, 0.3) is 0 Å². The number of rotatable bonds is 6. The Balaban J connectivity index is 4.43. The SMILES string of the molecule is C#CC(CC)NC(=O)N(CC=C)CC(=O)O. The zero-order chi connectivity index (χ0) is 12.6. The van der Waals surface area contributed by atoms with Gasteiger partial charge >= 0.3 is 12.0 Å². The first-order valence-corrected chi connectivity index (χ1v) is 4.89. The van der Waals surface area contributed by atoms with Crippen molar-refractivity contribution < 1.29 is 14.7 Å². The minimum atomic E-state index is -1.08. The van der Waals surface area contributed by atoms with Gasteiger partial charge in [-0.2, -0.15) is 0 Å². The van der Waals surface area contributed by atoms with Gasteiger partial charge in [0.25, 0.3) is 0 Å². The van der Waals surface area contributed by atoms with E-state index in [0.29, 0.717) is 6.42 Å². The number of nitrogens with one attached hydrogen (secondary N) is 1. The summed E-state index contributed by atoms with van der Waals surface area (Å²) in [6.07, 6.45) is 7.24. The molecule has 0 spiro atoms. The number of terminal acetylenes is 1. The van der Waals surface area contributed by atoms with Crippen LogP contribution in [-0.2, 0) is 4.79 Å². The van der Waals surface area contributed by atoms with E-state index in [-0.39, 0.29) is 19.1 Å². The third-order valence-electron chi connectivity index (χ3n) is 1.87. The predicted octanol–water partition coefficient (Wildman–Crippen LogP) is 0.680. The van der Waals surface area contributed by atoms with Gasteiger partial charge in [-0.15, -0.1) is 13.0 Å². The highest BCUT2D eigenvalue weighted by molar-refractivity contribution is 5.80. The fourth-order valence-corrected chi connectivity index (χ4v) is 1.04. The molecule has 1 atom stereocenters. The second-order valence-electron chi connectivity index (χ2n) is 3.14. The van der Waals surface area contributed by atoms with Crippen molar-refractivity contribution in [2.24, 2.45) is 0 Å². The van der Waals surface area contributed by atoms with Gasteiger partial charge in [0.05, 0.1) is 6.04 Å². The number of carbonyl (C=O) groups is 2. The molecule has 0 aliphatic rings. The number of nitrogens with zero attached hydrogens (tertiary/aromatic N) is 1. The number of aliphatic carboxylic acids is 1. The van der Waals surface area contributed by atoms with E-state index in [1.54, 1.807) is 0 Å². The van der Waals surface area contributed by atoms with Crippen molar-refractivity contribution in [3.63, 3.8) is 0 Å². The molecule has 0 rings (SSSR count). The van der Waals surface area contributed by atoms with Gasteiger partial charge in [0, 0.05) is 6.54 Å². The molecule has 0 aliphatic heterocycles. The Hall–Kier alpha value is -1.96. The van der Waals surface area contributed by atoms with E-state index < -0.39 is 12.0 Å². The maximum absolute atomic E-state index is 11.6. The molecule has 0 aromatic rings. The fourth-order valence-electron chi connectivity index (χ4n) is 1.04. The van der Waals surface area contributed by atoms with Crippen molar-refractivity contribution in [1.82, 2.24) is 10.2 Å². The molecule has 0 aromatic heterocycles. The van der Waals surface area contributed by atoms with Crippen molar-refractivity contribution in [2.45, 2.75) is 19.4 Å². The summed E-state index contributed by atoms with van der Waals surface area (Å²) in [5.74, 6) is 1.32. The predicted molar refractivity (Wildman–Crippen MR) is 60.8 cm³/mol. The average Bonchev–Trinajstić information content (AvgIpc) is 2.24. The summed E-state index contributed by atoms with van der Waals surface area (Å²) in [6, 6.07) is -0.874. The van der Waals surface area contributed by atoms with Crippen LogP contribution in [0.1, 0.15) is 13.3 Å². The minimum absolute atomic E-state index is 0.166. The van der Waals surface area contributed by atoms with E-state index in [4.69, 9.17) is 11.5 Å². The van der Waals surface area contributed by atoms with E-state index >= 15 is 0 Å². The Kier molecular flexibility index (Phi) is 6.45. The second kappa shape index (κ2) is 7.35. The quantitative estimate of drug-likeness (QED) is 0.515. The molecule has 0 saturated heterocycles. The molecular weight excluding hydrogens is 208 g/mol. The van der Waals surface area contributed by atoms with Crippen molar-refractivity contribution in [1.29, 1.82) is 0 Å². The molecule has 2 N–H and O–H groups in total. The molecule has 0 saturated carbocycles. The summed E-state index contributed by atoms with van der Waals surface area (Å²) in [4.78, 5) is 23.2. The molecule has 0 bridgehead atoms. The van der Waals surface area contributed by atoms with Crippen LogP contribution >= 0.6 is 0 Å². The Morgan fingerprint density at radius 2 is 2.31 bits per heavy atom. The molecule has 0 radical (unpaired) electrons. The fraction of sp³-hybridized carbons (Fsp3) is 0.455. The highest BCUT2D eigenvalue weighted by atomic mass is 16.4. The standard InChI is InChI=1S/C11H16N2O3/c1-4-7-13(8-10(14)15)11(16)12-9(5-2)6-3/h2,4,9H,1,6-8H2,3H3,(H,12,16)(H,14,15). The van der Waals surface area contributed by atoms with Gasteiger partial charge in [-0.05, 0) is 6.42 Å². The number of hydrogen-bond donors (Lipinski definition) is 2. The average molecular weight is 224 g/mol. The van der Waals surface area contributed by atoms with Crippen molar-refractivity contribution in [3.05, 3.63) is 12.7 Å². The summed E-state index contributed by atoms with van der Waals surface area (Å²) >= 11 is 0. The minimum Gasteiger partial charge on any atom is -0.480 e. The summed E-state index contributed by atoms with van der Waals surface area (Å²) in [5.41, 5.74) is 0. The number of urea groups is 1. The number of carboxylic acids is 1. The second-order valence-corrected chi connectivity index (χ2v) is 3.14. The van der Waals surface area contributed by atoms with E-state index in [1.807, 2.05) is 6.92 Å². The first-order valence-electron chi connectivity index (χ1n) is 4.89. The Morgan fingerprint density at radius 1 is 1.69 bits per heavy atom. The molecule has 16 heavy (non-hydrogen) atoms. The van der Waals surface area contributed by atoms with Gasteiger partial charge in [-0.3, -0.25) is 4.79 Å². The van der Waals surface area contributed by atoms with Crippen LogP contribution in [0.5, 0.6) is 0 Å². The van der Waals surface area contributed by atoms with E-state index in [1.165, 1.54) is 6.08 Å². The first kappa shape index (κ1) is 14.0. The zero-order valence-electron chi connectivity index (χ0n) is 9.27. The monoisotopic (exact) mass is 224 g/mol. The van der Waals surface area contributed by atoms with Crippen LogP contribution in [-0.4, -0.2) is 41.1 Å². The van der Waals surface area contributed by atoms with E-state index in [0.717, 1.165) is 4.90 Å². The lowest BCUT2D eigenvalue weighted by Gasteiger charge is -2.21. The molecule has 0 aromatic carbocycles. The lowest BCUT2D eigenvalue weighted by Crippen LogP contribution is -2.46. The van der Waals surface area contributed by atoms with Gasteiger partial charge in [0.1, 0.15) is 6.54 Å². The van der Waals surface area contributed by atoms with E-state index in [2.05, 4.69) is 17.8 Å². The first-order chi connectivity index (χ1) is 7.54. The molecular formula is C11H16N2O3. The van der Waals surface area contributed by atoms with Crippen molar-refractivity contribution in [2.75, 3.05) is 13.1 Å². The molecule has 0 heterocycles. The molecule has 1 unspecified atom stereocenters. The number of carboxylic acid groups (broad SMARTS) is 1. The van der Waals surface area contributed by atoms with Crippen molar-refractivity contribution >= 4 is 12.0 Å². The number of carbonyl (C=O) groups excluding carboxylic acids is 1. The van der Waals surface area contributed by atoms with Crippen LogP contribution in [0, 0.1) is 12.3 Å². The lowest BCUT2D eigenvalue weighted by atomic mass is 10.2. The summed E-state index contributed by atoms with van der Waals surface area (Å²) in [5, 5.41) is 11.2. The smallest absolute Gasteiger partial charge is 0.323 e. The van der Waals surface area contributed by atoms with Gasteiger partial charge in [-0.25, -0.2) is 4.79 Å². The molecule has 88 valence electrons. The van der Waals surface area contributed by atoms with Crippen LogP contribution in [0.15, 0.2) is 12.7 Å². The topological polar surface area (TPSA) is 69.6 Å².